The van der Waals surface area contributed by atoms with Crippen LogP contribution in [0.15, 0.2) is 17.5 Å². The van der Waals surface area contributed by atoms with Crippen LogP contribution >= 0.6 is 22.7 Å². The Balaban J connectivity index is 1.79. The highest BCUT2D eigenvalue weighted by Gasteiger charge is 2.15. The van der Waals surface area contributed by atoms with E-state index in [0.717, 1.165) is 27.1 Å². The van der Waals surface area contributed by atoms with E-state index in [0.29, 0.717) is 6.42 Å². The van der Waals surface area contributed by atoms with Crippen LogP contribution in [-0.2, 0) is 4.79 Å². The number of fused-ring (bicyclic) bond motifs is 1. The molecule has 2 atom stereocenters. The summed E-state index contributed by atoms with van der Waals surface area (Å²) < 4.78 is 2.29. The largest absolute Gasteiger partial charge is 0.481 e. The van der Waals surface area contributed by atoms with Crippen molar-refractivity contribution < 1.29 is 14.7 Å². The monoisotopic (exact) mass is 325 g/mol. The van der Waals surface area contributed by atoms with Gasteiger partial charge in [0.2, 0.25) is 0 Å². The van der Waals surface area contributed by atoms with E-state index in [2.05, 4.69) is 5.32 Å². The fraction of sp³-hybridized carbons (Fsp3) is 0.467. The van der Waals surface area contributed by atoms with Crippen LogP contribution in [0.5, 0.6) is 0 Å². The van der Waals surface area contributed by atoms with Gasteiger partial charge in [-0.2, -0.15) is 0 Å². The highest BCUT2D eigenvalue weighted by Crippen LogP contribution is 2.29. The summed E-state index contributed by atoms with van der Waals surface area (Å²) in [5, 5.41) is 13.8. The van der Waals surface area contributed by atoms with Gasteiger partial charge in [0, 0.05) is 15.4 Å². The van der Waals surface area contributed by atoms with Crippen molar-refractivity contribution in [2.24, 2.45) is 5.92 Å². The summed E-state index contributed by atoms with van der Waals surface area (Å²) in [6.45, 7) is 3.67. The van der Waals surface area contributed by atoms with Crippen molar-refractivity contribution >= 4 is 43.9 Å². The van der Waals surface area contributed by atoms with E-state index in [1.165, 1.54) is 11.3 Å². The summed E-state index contributed by atoms with van der Waals surface area (Å²) in [7, 11) is 0. The van der Waals surface area contributed by atoms with E-state index in [1.807, 2.05) is 24.4 Å². The third-order valence-electron chi connectivity index (χ3n) is 3.44. The van der Waals surface area contributed by atoms with E-state index in [1.54, 1.807) is 18.3 Å². The molecule has 2 N–H and O–H groups in total. The number of hydrogen-bond donors (Lipinski definition) is 2. The van der Waals surface area contributed by atoms with Gasteiger partial charge in [-0.15, -0.1) is 22.7 Å². The Bertz CT molecular complexity index is 603. The van der Waals surface area contributed by atoms with Gasteiger partial charge in [0.05, 0.1) is 10.8 Å². The van der Waals surface area contributed by atoms with Crippen molar-refractivity contribution in [2.45, 2.75) is 39.2 Å². The molecule has 2 heterocycles. The summed E-state index contributed by atoms with van der Waals surface area (Å²) in [5.41, 5.74) is 0. The molecule has 4 nitrogen and oxygen atoms in total. The molecule has 0 spiro atoms. The first kappa shape index (κ1) is 16.0. The van der Waals surface area contributed by atoms with Gasteiger partial charge in [-0.05, 0) is 37.3 Å². The average molecular weight is 325 g/mol. The van der Waals surface area contributed by atoms with Crippen molar-refractivity contribution in [2.75, 3.05) is 0 Å². The first-order chi connectivity index (χ1) is 9.97. The van der Waals surface area contributed by atoms with Crippen LogP contribution in [-0.4, -0.2) is 23.0 Å². The summed E-state index contributed by atoms with van der Waals surface area (Å²) in [5.74, 6) is -1.12. The number of carbonyl (C=O) groups is 2. The second-order valence-electron chi connectivity index (χ2n) is 5.30. The van der Waals surface area contributed by atoms with Crippen molar-refractivity contribution in [1.29, 1.82) is 0 Å². The normalized spacial score (nSPS) is 14.0. The first-order valence-electron chi connectivity index (χ1n) is 6.98. The number of carboxylic acid groups (broad SMARTS) is 1. The fourth-order valence-electron chi connectivity index (χ4n) is 2.10. The molecule has 0 fully saturated rings. The van der Waals surface area contributed by atoms with Crippen LogP contribution in [0.1, 0.15) is 42.8 Å². The smallest absolute Gasteiger partial charge is 0.306 e. The first-order valence-corrected chi connectivity index (χ1v) is 8.67. The highest BCUT2D eigenvalue weighted by molar-refractivity contribution is 7.27. The molecule has 0 bridgehead atoms. The second kappa shape index (κ2) is 7.04. The number of carbonyl (C=O) groups excluding carboxylic acids is 1. The van der Waals surface area contributed by atoms with E-state index in [9.17, 15) is 9.59 Å². The zero-order chi connectivity index (χ0) is 15.4. The summed E-state index contributed by atoms with van der Waals surface area (Å²) >= 11 is 3.15. The molecule has 114 valence electrons. The Kier molecular flexibility index (Phi) is 5.36. The molecule has 2 rings (SSSR count). The lowest BCUT2D eigenvalue weighted by Gasteiger charge is -2.13. The van der Waals surface area contributed by atoms with Gasteiger partial charge in [-0.3, -0.25) is 9.59 Å². The minimum atomic E-state index is -0.759. The van der Waals surface area contributed by atoms with Crippen LogP contribution in [0.2, 0.25) is 0 Å². The molecule has 0 aliphatic carbocycles. The van der Waals surface area contributed by atoms with E-state index in [-0.39, 0.29) is 17.9 Å². The van der Waals surface area contributed by atoms with Gasteiger partial charge in [0.25, 0.3) is 5.91 Å². The van der Waals surface area contributed by atoms with Crippen LogP contribution in [0, 0.1) is 5.92 Å². The summed E-state index contributed by atoms with van der Waals surface area (Å²) in [6.07, 6.45) is 2.24. The number of nitrogens with one attached hydrogen (secondary N) is 1. The van der Waals surface area contributed by atoms with Gasteiger partial charge in [0.1, 0.15) is 0 Å². The van der Waals surface area contributed by atoms with Gasteiger partial charge in [0.15, 0.2) is 0 Å². The molecule has 6 heteroatoms. The maximum atomic E-state index is 12.1. The van der Waals surface area contributed by atoms with Gasteiger partial charge in [-0.1, -0.05) is 13.3 Å². The predicted octanol–water partition coefficient (Wildman–Crippen LogP) is 3.97. The number of hydrogen-bond acceptors (Lipinski definition) is 4. The molecule has 0 aromatic carbocycles. The number of carboxylic acids is 1. The van der Waals surface area contributed by atoms with Crippen molar-refractivity contribution in [1.82, 2.24) is 5.32 Å². The Hall–Kier alpha value is -1.40. The molecule has 0 aliphatic heterocycles. The molecule has 1 amide bonds. The Morgan fingerprint density at radius 2 is 2.05 bits per heavy atom. The quantitative estimate of drug-likeness (QED) is 0.809. The zero-order valence-corrected chi connectivity index (χ0v) is 13.7. The molecule has 2 unspecified atom stereocenters. The summed E-state index contributed by atoms with van der Waals surface area (Å²) in [6, 6.07) is 4.01. The molecular formula is C15H19NO3S2. The van der Waals surface area contributed by atoms with Crippen LogP contribution in [0.4, 0.5) is 0 Å². The lowest BCUT2D eigenvalue weighted by Crippen LogP contribution is -2.32. The van der Waals surface area contributed by atoms with Crippen LogP contribution in [0.3, 0.4) is 0 Å². The highest BCUT2D eigenvalue weighted by atomic mass is 32.1. The Labute approximate surface area is 131 Å². The minimum Gasteiger partial charge on any atom is -0.481 e. The van der Waals surface area contributed by atoms with Gasteiger partial charge in [-0.25, -0.2) is 0 Å². The summed E-state index contributed by atoms with van der Waals surface area (Å²) in [4.78, 5) is 23.6. The number of thiophene rings is 2. The van der Waals surface area contributed by atoms with Crippen molar-refractivity contribution in [3.05, 3.63) is 22.4 Å². The molecular weight excluding hydrogens is 306 g/mol. The predicted molar refractivity (Wildman–Crippen MR) is 87.3 cm³/mol. The number of aliphatic carboxylic acids is 1. The Morgan fingerprint density at radius 3 is 2.71 bits per heavy atom. The van der Waals surface area contributed by atoms with Crippen LogP contribution < -0.4 is 5.32 Å². The van der Waals surface area contributed by atoms with E-state index in [4.69, 9.17) is 5.11 Å². The molecule has 2 aromatic heterocycles. The van der Waals surface area contributed by atoms with E-state index < -0.39 is 5.97 Å². The Morgan fingerprint density at radius 1 is 1.29 bits per heavy atom. The molecule has 0 aliphatic rings. The average Bonchev–Trinajstić information content (AvgIpc) is 2.98. The number of amides is 1. The third-order valence-corrected chi connectivity index (χ3v) is 5.53. The zero-order valence-electron chi connectivity index (χ0n) is 12.1. The lowest BCUT2D eigenvalue weighted by atomic mass is 10.0. The topological polar surface area (TPSA) is 66.4 Å². The minimum absolute atomic E-state index is 0.0396. The van der Waals surface area contributed by atoms with Gasteiger partial charge >= 0.3 is 5.97 Å². The molecule has 0 saturated heterocycles. The second-order valence-corrected chi connectivity index (χ2v) is 7.34. The van der Waals surface area contributed by atoms with Gasteiger partial charge < -0.3 is 10.4 Å². The maximum absolute atomic E-state index is 12.1. The molecule has 2 aromatic rings. The van der Waals surface area contributed by atoms with E-state index >= 15 is 0 Å². The molecule has 0 saturated carbocycles. The molecule has 0 radical (unpaired) electrons. The number of rotatable bonds is 7. The lowest BCUT2D eigenvalue weighted by molar-refractivity contribution is -0.141. The van der Waals surface area contributed by atoms with Crippen LogP contribution in [0.25, 0.3) is 9.40 Å². The third kappa shape index (κ3) is 4.28. The standard InChI is InChI=1S/C15H19NO3S2/c1-9(15(18)19)4-3-5-10(2)16-14(17)13-8-12-11(21-13)6-7-20-12/h6-10H,3-5H2,1-2H3,(H,16,17)(H,18,19). The SMILES string of the molecule is CC(CCCC(C)C(=O)O)NC(=O)c1cc2sccc2s1. The molecule has 21 heavy (non-hydrogen) atoms. The van der Waals surface area contributed by atoms with Crippen molar-refractivity contribution in [3.8, 4) is 0 Å². The maximum Gasteiger partial charge on any atom is 0.306 e. The fourth-order valence-corrected chi connectivity index (χ4v) is 4.11. The van der Waals surface area contributed by atoms with Crippen molar-refractivity contribution in [3.63, 3.8) is 0 Å².